The number of hydrogen-bond acceptors (Lipinski definition) is 3. The van der Waals surface area contributed by atoms with E-state index in [-0.39, 0.29) is 29.3 Å². The lowest BCUT2D eigenvalue weighted by Gasteiger charge is -2.07. The van der Waals surface area contributed by atoms with E-state index in [1.165, 1.54) is 4.68 Å². The zero-order valence-electron chi connectivity index (χ0n) is 16.8. The van der Waals surface area contributed by atoms with Crippen LogP contribution in [0, 0.1) is 6.92 Å². The minimum atomic E-state index is -4.54. The van der Waals surface area contributed by atoms with E-state index in [0.29, 0.717) is 17.9 Å². The van der Waals surface area contributed by atoms with Gasteiger partial charge in [-0.25, -0.2) is 0 Å². The zero-order chi connectivity index (χ0) is 22.2. The summed E-state index contributed by atoms with van der Waals surface area (Å²) in [4.78, 5) is 12.4. The largest absolute Gasteiger partial charge is 0.436 e. The maximum Gasteiger partial charge on any atom is 0.436 e. The first-order valence-corrected chi connectivity index (χ1v) is 10.7. The highest BCUT2D eigenvalue weighted by molar-refractivity contribution is 9.10. The van der Waals surface area contributed by atoms with Crippen LogP contribution in [0.5, 0.6) is 0 Å². The Labute approximate surface area is 185 Å². The molecule has 31 heavy (non-hydrogen) atoms. The Bertz CT molecular complexity index is 1100. The monoisotopic (exact) mass is 495 g/mol. The summed E-state index contributed by atoms with van der Waals surface area (Å²) >= 11 is 3.06. The molecule has 0 spiro atoms. The Morgan fingerprint density at radius 1 is 1.32 bits per heavy atom. The van der Waals surface area contributed by atoms with E-state index in [1.54, 1.807) is 17.1 Å². The summed E-state index contributed by atoms with van der Waals surface area (Å²) in [5, 5.41) is 10.7. The SMILES string of the molecule is Cc1cccc(Cn2cc(NC(=O)CCn3nc(C(F)(F)F)c(Br)c3C3CC3)cn2)c1. The smallest absolute Gasteiger partial charge is 0.323 e. The molecule has 2 aromatic heterocycles. The third-order valence-electron chi connectivity index (χ3n) is 5.06. The lowest BCUT2D eigenvalue weighted by atomic mass is 10.1. The molecule has 0 bridgehead atoms. The van der Waals surface area contributed by atoms with Crippen molar-refractivity contribution in [3.05, 3.63) is 63.6 Å². The quantitative estimate of drug-likeness (QED) is 0.494. The number of anilines is 1. The lowest BCUT2D eigenvalue weighted by molar-refractivity contribution is -0.142. The number of benzene rings is 1. The fourth-order valence-corrected chi connectivity index (χ4v) is 4.33. The number of nitrogens with zero attached hydrogens (tertiary/aromatic N) is 4. The van der Waals surface area contributed by atoms with Gasteiger partial charge >= 0.3 is 6.18 Å². The van der Waals surface area contributed by atoms with Gasteiger partial charge in [0.15, 0.2) is 5.69 Å². The maximum atomic E-state index is 13.2. The normalized spacial score (nSPS) is 14.1. The molecule has 2 heterocycles. The molecular formula is C21H21BrF3N5O. The minimum Gasteiger partial charge on any atom is -0.323 e. The van der Waals surface area contributed by atoms with Gasteiger partial charge in [0.25, 0.3) is 0 Å². The van der Waals surface area contributed by atoms with Gasteiger partial charge in [-0.2, -0.15) is 23.4 Å². The highest BCUT2D eigenvalue weighted by Crippen LogP contribution is 2.47. The summed E-state index contributed by atoms with van der Waals surface area (Å²) < 4.78 is 42.6. The predicted octanol–water partition coefficient (Wildman–Crippen LogP) is 5.12. The van der Waals surface area contributed by atoms with Gasteiger partial charge in [0.05, 0.1) is 35.1 Å². The highest BCUT2D eigenvalue weighted by atomic mass is 79.9. The molecule has 1 amide bonds. The summed E-state index contributed by atoms with van der Waals surface area (Å²) in [5.74, 6) is -0.252. The average Bonchev–Trinajstić information content (AvgIpc) is 3.33. The third kappa shape index (κ3) is 5.17. The molecule has 1 aliphatic rings. The molecular weight excluding hydrogens is 475 g/mol. The highest BCUT2D eigenvalue weighted by Gasteiger charge is 2.41. The van der Waals surface area contributed by atoms with Gasteiger partial charge in [0.2, 0.25) is 5.91 Å². The molecule has 1 aliphatic carbocycles. The molecule has 1 fully saturated rings. The average molecular weight is 496 g/mol. The van der Waals surface area contributed by atoms with Crippen LogP contribution in [-0.2, 0) is 24.1 Å². The van der Waals surface area contributed by atoms with Crippen LogP contribution >= 0.6 is 15.9 Å². The summed E-state index contributed by atoms with van der Waals surface area (Å²) in [7, 11) is 0. The van der Waals surface area contributed by atoms with Gasteiger partial charge in [0, 0.05) is 18.5 Å². The molecule has 1 N–H and O–H groups in total. The topological polar surface area (TPSA) is 64.7 Å². The second kappa shape index (κ2) is 8.49. The second-order valence-electron chi connectivity index (χ2n) is 7.76. The van der Waals surface area contributed by atoms with Crippen molar-refractivity contribution in [1.29, 1.82) is 0 Å². The number of amides is 1. The van der Waals surface area contributed by atoms with Crippen LogP contribution < -0.4 is 5.32 Å². The number of nitrogens with one attached hydrogen (secondary N) is 1. The molecule has 1 saturated carbocycles. The van der Waals surface area contributed by atoms with E-state index in [2.05, 4.69) is 37.5 Å². The van der Waals surface area contributed by atoms with E-state index < -0.39 is 11.9 Å². The van der Waals surface area contributed by atoms with Gasteiger partial charge in [-0.3, -0.25) is 14.2 Å². The second-order valence-corrected chi connectivity index (χ2v) is 8.55. The van der Waals surface area contributed by atoms with Crippen molar-refractivity contribution in [2.45, 2.75) is 51.4 Å². The molecule has 4 rings (SSSR count). The standard InChI is InChI=1S/C21H21BrF3N5O/c1-13-3-2-4-14(9-13)11-29-12-16(10-26-29)27-17(31)7-8-30-19(15-5-6-15)18(22)20(28-30)21(23,24)25/h2-4,9-10,12,15H,5-8,11H2,1H3,(H,27,31). The number of aromatic nitrogens is 4. The van der Waals surface area contributed by atoms with Crippen LogP contribution in [0.25, 0.3) is 0 Å². The molecule has 164 valence electrons. The maximum absolute atomic E-state index is 13.2. The number of carbonyl (C=O) groups excluding carboxylic acids is 1. The van der Waals surface area contributed by atoms with Crippen molar-refractivity contribution in [2.24, 2.45) is 0 Å². The van der Waals surface area contributed by atoms with Crippen molar-refractivity contribution < 1.29 is 18.0 Å². The third-order valence-corrected chi connectivity index (χ3v) is 5.84. The molecule has 3 aromatic rings. The summed E-state index contributed by atoms with van der Waals surface area (Å²) in [5.41, 5.74) is 2.37. The molecule has 1 aromatic carbocycles. The molecule has 6 nitrogen and oxygen atoms in total. The first-order valence-electron chi connectivity index (χ1n) is 9.92. The van der Waals surface area contributed by atoms with E-state index in [1.807, 2.05) is 25.1 Å². The number of hydrogen-bond donors (Lipinski definition) is 1. The van der Waals surface area contributed by atoms with E-state index in [4.69, 9.17) is 0 Å². The van der Waals surface area contributed by atoms with Gasteiger partial charge in [-0.05, 0) is 41.3 Å². The Balaban J connectivity index is 1.37. The van der Waals surface area contributed by atoms with E-state index in [9.17, 15) is 18.0 Å². The van der Waals surface area contributed by atoms with Gasteiger partial charge in [0.1, 0.15) is 0 Å². The van der Waals surface area contributed by atoms with Crippen LogP contribution in [-0.4, -0.2) is 25.5 Å². The van der Waals surface area contributed by atoms with Crippen LogP contribution in [0.15, 0.2) is 41.1 Å². The number of alkyl halides is 3. The van der Waals surface area contributed by atoms with Crippen molar-refractivity contribution in [2.75, 3.05) is 5.32 Å². The Kier molecular flexibility index (Phi) is 5.92. The predicted molar refractivity (Wildman–Crippen MR) is 113 cm³/mol. The molecule has 0 atom stereocenters. The van der Waals surface area contributed by atoms with Crippen molar-refractivity contribution in [3.8, 4) is 0 Å². The lowest BCUT2D eigenvalue weighted by Crippen LogP contribution is -2.16. The molecule has 0 radical (unpaired) electrons. The van der Waals surface area contributed by atoms with Gasteiger partial charge in [-0.1, -0.05) is 29.8 Å². The van der Waals surface area contributed by atoms with E-state index in [0.717, 1.165) is 24.0 Å². The summed E-state index contributed by atoms with van der Waals surface area (Å²) in [6.07, 6.45) is 0.398. The van der Waals surface area contributed by atoms with Crippen molar-refractivity contribution in [1.82, 2.24) is 19.6 Å². The van der Waals surface area contributed by atoms with Crippen molar-refractivity contribution in [3.63, 3.8) is 0 Å². The van der Waals surface area contributed by atoms with Gasteiger partial charge in [-0.15, -0.1) is 0 Å². The number of rotatable bonds is 7. The van der Waals surface area contributed by atoms with Crippen LogP contribution in [0.3, 0.4) is 0 Å². The van der Waals surface area contributed by atoms with Crippen molar-refractivity contribution >= 4 is 27.5 Å². The fraction of sp³-hybridized carbons (Fsp3) is 0.381. The summed E-state index contributed by atoms with van der Waals surface area (Å²) in [6, 6.07) is 8.06. The molecule has 10 heteroatoms. The Morgan fingerprint density at radius 3 is 2.77 bits per heavy atom. The van der Waals surface area contributed by atoms with Crippen LogP contribution in [0.1, 0.15) is 47.7 Å². The Hall–Kier alpha value is -2.62. The number of halogens is 4. The zero-order valence-corrected chi connectivity index (χ0v) is 18.4. The first-order chi connectivity index (χ1) is 14.7. The Morgan fingerprint density at radius 2 is 2.10 bits per heavy atom. The minimum absolute atomic E-state index is 0.00813. The molecule has 0 aliphatic heterocycles. The van der Waals surface area contributed by atoms with Crippen LogP contribution in [0.4, 0.5) is 18.9 Å². The first kappa shape index (κ1) is 21.6. The van der Waals surface area contributed by atoms with Crippen LogP contribution in [0.2, 0.25) is 0 Å². The number of aryl methyl sites for hydroxylation is 2. The fourth-order valence-electron chi connectivity index (χ4n) is 3.49. The number of carbonyl (C=O) groups is 1. The summed E-state index contributed by atoms with van der Waals surface area (Å²) in [6.45, 7) is 2.66. The molecule has 0 saturated heterocycles. The van der Waals surface area contributed by atoms with Gasteiger partial charge < -0.3 is 5.32 Å². The van der Waals surface area contributed by atoms with E-state index >= 15 is 0 Å². The molecule has 0 unspecified atom stereocenters.